The predicted molar refractivity (Wildman–Crippen MR) is 102 cm³/mol. The Hall–Kier alpha value is -2.77. The van der Waals surface area contributed by atoms with Crippen molar-refractivity contribution in [2.24, 2.45) is 11.8 Å². The summed E-state index contributed by atoms with van der Waals surface area (Å²) in [5.74, 6) is 2.62. The van der Waals surface area contributed by atoms with Gasteiger partial charge >= 0.3 is 0 Å². The van der Waals surface area contributed by atoms with Crippen molar-refractivity contribution in [3.05, 3.63) is 18.0 Å². The maximum Gasteiger partial charge on any atom is 0.249 e. The zero-order valence-electron chi connectivity index (χ0n) is 16.9. The average molecular weight is 389 g/mol. The summed E-state index contributed by atoms with van der Waals surface area (Å²) in [4.78, 5) is 16.8. The Balaban J connectivity index is 1.92. The molecular weight excluding hydrogens is 362 g/mol. The number of hydrogen-bond acceptors (Lipinski definition) is 7. The van der Waals surface area contributed by atoms with Gasteiger partial charge < -0.3 is 24.1 Å². The highest BCUT2D eigenvalue weighted by atomic mass is 16.5. The van der Waals surface area contributed by atoms with Gasteiger partial charge in [0.1, 0.15) is 6.04 Å². The van der Waals surface area contributed by atoms with Crippen LogP contribution in [-0.2, 0) is 4.79 Å². The minimum absolute atomic E-state index is 0.0536. The Morgan fingerprint density at radius 1 is 1.21 bits per heavy atom. The Bertz CT molecular complexity index is 806. The molecule has 8 heteroatoms. The number of carbonyl (C=O) groups is 1. The SMILES string of the molecule is CCC(C)C(NC(=O)C1CC1)c1nc(-c2cc(OC)c(OC)c(OC)c2)no1. The standard InChI is InChI=1S/C20H27N3O5/c1-6-11(2)16(21-19(24)12-7-8-12)20-22-18(23-28-20)13-9-14(25-3)17(27-5)15(10-13)26-4/h9-12,16H,6-8H2,1-5H3,(H,21,24). The molecule has 1 saturated carbocycles. The van der Waals surface area contributed by atoms with Crippen LogP contribution in [0.25, 0.3) is 11.4 Å². The monoisotopic (exact) mass is 389 g/mol. The number of rotatable bonds is 9. The molecule has 28 heavy (non-hydrogen) atoms. The Morgan fingerprint density at radius 3 is 2.36 bits per heavy atom. The van der Waals surface area contributed by atoms with E-state index in [1.165, 1.54) is 0 Å². The van der Waals surface area contributed by atoms with Gasteiger partial charge in [-0.15, -0.1) is 0 Å². The molecular formula is C20H27N3O5. The van der Waals surface area contributed by atoms with Crippen LogP contribution < -0.4 is 19.5 Å². The van der Waals surface area contributed by atoms with Gasteiger partial charge in [0.05, 0.1) is 21.3 Å². The molecule has 1 fully saturated rings. The van der Waals surface area contributed by atoms with Crippen LogP contribution in [0, 0.1) is 11.8 Å². The molecule has 1 heterocycles. The van der Waals surface area contributed by atoms with Crippen LogP contribution in [0.1, 0.15) is 45.0 Å². The number of benzene rings is 1. The van der Waals surface area contributed by atoms with E-state index in [9.17, 15) is 4.79 Å². The first-order chi connectivity index (χ1) is 13.5. The highest BCUT2D eigenvalue weighted by Gasteiger charge is 2.34. The van der Waals surface area contributed by atoms with Crippen LogP contribution in [0.3, 0.4) is 0 Å². The molecule has 2 aromatic rings. The lowest BCUT2D eigenvalue weighted by Crippen LogP contribution is -2.33. The summed E-state index contributed by atoms with van der Waals surface area (Å²) < 4.78 is 21.6. The number of hydrogen-bond donors (Lipinski definition) is 1. The maximum absolute atomic E-state index is 12.3. The molecule has 0 aliphatic heterocycles. The molecule has 0 saturated heterocycles. The second-order valence-corrected chi connectivity index (χ2v) is 7.02. The number of aromatic nitrogens is 2. The number of ether oxygens (including phenoxy) is 3. The zero-order chi connectivity index (χ0) is 20.3. The van der Waals surface area contributed by atoms with Crippen LogP contribution in [0.5, 0.6) is 17.2 Å². The van der Waals surface area contributed by atoms with Crippen molar-refractivity contribution in [3.8, 4) is 28.6 Å². The van der Waals surface area contributed by atoms with Crippen molar-refractivity contribution in [3.63, 3.8) is 0 Å². The summed E-state index contributed by atoms with van der Waals surface area (Å²) in [6.45, 7) is 4.12. The van der Waals surface area contributed by atoms with Gasteiger partial charge in [-0.05, 0) is 30.9 Å². The average Bonchev–Trinajstić information content (AvgIpc) is 3.47. The van der Waals surface area contributed by atoms with E-state index in [1.54, 1.807) is 33.5 Å². The smallest absolute Gasteiger partial charge is 0.249 e. The molecule has 0 bridgehead atoms. The van der Waals surface area contributed by atoms with Gasteiger partial charge in [-0.1, -0.05) is 25.4 Å². The molecule has 0 spiro atoms. The van der Waals surface area contributed by atoms with Crippen molar-refractivity contribution in [2.45, 2.75) is 39.2 Å². The van der Waals surface area contributed by atoms with Crippen LogP contribution >= 0.6 is 0 Å². The van der Waals surface area contributed by atoms with Crippen LogP contribution in [-0.4, -0.2) is 37.4 Å². The predicted octanol–water partition coefficient (Wildman–Crippen LogP) is 3.38. The normalized spacial score (nSPS) is 15.6. The first kappa shape index (κ1) is 20.0. The van der Waals surface area contributed by atoms with Crippen molar-refractivity contribution in [2.75, 3.05) is 21.3 Å². The summed E-state index contributed by atoms with van der Waals surface area (Å²) in [6.07, 6.45) is 2.76. The third kappa shape index (κ3) is 4.05. The van der Waals surface area contributed by atoms with Gasteiger partial charge in [0.2, 0.25) is 23.4 Å². The first-order valence-electron chi connectivity index (χ1n) is 9.46. The van der Waals surface area contributed by atoms with Crippen molar-refractivity contribution >= 4 is 5.91 Å². The molecule has 1 aromatic carbocycles. The second-order valence-electron chi connectivity index (χ2n) is 7.02. The minimum Gasteiger partial charge on any atom is -0.493 e. The van der Waals surface area contributed by atoms with E-state index >= 15 is 0 Å². The molecule has 1 aromatic heterocycles. The van der Waals surface area contributed by atoms with Crippen molar-refractivity contribution < 1.29 is 23.5 Å². The number of amides is 1. The molecule has 1 aliphatic rings. The maximum atomic E-state index is 12.3. The van der Waals surface area contributed by atoms with E-state index in [-0.39, 0.29) is 23.8 Å². The van der Waals surface area contributed by atoms with Gasteiger partial charge in [-0.25, -0.2) is 0 Å². The number of methoxy groups -OCH3 is 3. The number of nitrogens with one attached hydrogen (secondary N) is 1. The molecule has 3 rings (SSSR count). The lowest BCUT2D eigenvalue weighted by molar-refractivity contribution is -0.123. The third-order valence-electron chi connectivity index (χ3n) is 5.09. The summed E-state index contributed by atoms with van der Waals surface area (Å²) in [5.41, 5.74) is 0.668. The van der Waals surface area contributed by atoms with E-state index in [0.717, 1.165) is 19.3 Å². The lowest BCUT2D eigenvalue weighted by Gasteiger charge is -2.20. The van der Waals surface area contributed by atoms with Gasteiger partial charge in [0.25, 0.3) is 0 Å². The van der Waals surface area contributed by atoms with Crippen LogP contribution in [0.2, 0.25) is 0 Å². The first-order valence-corrected chi connectivity index (χ1v) is 9.46. The fourth-order valence-electron chi connectivity index (χ4n) is 2.99. The van der Waals surface area contributed by atoms with E-state index < -0.39 is 0 Å². The van der Waals surface area contributed by atoms with Crippen LogP contribution in [0.4, 0.5) is 0 Å². The molecule has 2 unspecified atom stereocenters. The topological polar surface area (TPSA) is 95.7 Å². The second kappa shape index (κ2) is 8.50. The van der Waals surface area contributed by atoms with Crippen molar-refractivity contribution in [1.82, 2.24) is 15.5 Å². The van der Waals surface area contributed by atoms with Gasteiger partial charge in [0, 0.05) is 11.5 Å². The Kier molecular flexibility index (Phi) is 6.06. The highest BCUT2D eigenvalue weighted by Crippen LogP contribution is 2.41. The fraction of sp³-hybridized carbons (Fsp3) is 0.550. The van der Waals surface area contributed by atoms with E-state index in [4.69, 9.17) is 18.7 Å². The third-order valence-corrected chi connectivity index (χ3v) is 5.09. The van der Waals surface area contributed by atoms with Crippen LogP contribution in [0.15, 0.2) is 16.7 Å². The largest absolute Gasteiger partial charge is 0.493 e. The zero-order valence-corrected chi connectivity index (χ0v) is 16.9. The lowest BCUT2D eigenvalue weighted by atomic mass is 9.98. The fourth-order valence-corrected chi connectivity index (χ4v) is 2.99. The van der Waals surface area contributed by atoms with E-state index in [2.05, 4.69) is 29.3 Å². The van der Waals surface area contributed by atoms with E-state index in [0.29, 0.717) is 34.5 Å². The summed E-state index contributed by atoms with van der Waals surface area (Å²) in [7, 11) is 4.65. The molecule has 152 valence electrons. The molecule has 0 radical (unpaired) electrons. The summed E-state index contributed by atoms with van der Waals surface area (Å²) >= 11 is 0. The summed E-state index contributed by atoms with van der Waals surface area (Å²) in [5, 5.41) is 7.18. The summed E-state index contributed by atoms with van der Waals surface area (Å²) in [6, 6.07) is 3.20. The van der Waals surface area contributed by atoms with E-state index in [1.807, 2.05) is 0 Å². The van der Waals surface area contributed by atoms with Crippen molar-refractivity contribution in [1.29, 1.82) is 0 Å². The molecule has 1 amide bonds. The number of carbonyl (C=O) groups excluding carboxylic acids is 1. The molecule has 8 nitrogen and oxygen atoms in total. The van der Waals surface area contributed by atoms with Gasteiger partial charge in [0.15, 0.2) is 11.5 Å². The molecule has 2 atom stereocenters. The Morgan fingerprint density at radius 2 is 1.86 bits per heavy atom. The quantitative estimate of drug-likeness (QED) is 0.702. The highest BCUT2D eigenvalue weighted by molar-refractivity contribution is 5.81. The van der Waals surface area contributed by atoms with Gasteiger partial charge in [-0.2, -0.15) is 4.98 Å². The minimum atomic E-state index is -0.318. The Labute approximate surface area is 164 Å². The molecule has 1 aliphatic carbocycles. The molecule has 1 N–H and O–H groups in total. The van der Waals surface area contributed by atoms with Gasteiger partial charge in [-0.3, -0.25) is 4.79 Å². The number of nitrogens with zero attached hydrogens (tertiary/aromatic N) is 2.